The van der Waals surface area contributed by atoms with Crippen LogP contribution in [0.5, 0.6) is 0 Å². The monoisotopic (exact) mass is 426 g/mol. The summed E-state index contributed by atoms with van der Waals surface area (Å²) in [5.74, 6) is 0.868. The van der Waals surface area contributed by atoms with Crippen LogP contribution >= 0.6 is 15.9 Å². The Balaban J connectivity index is 1.68. The van der Waals surface area contributed by atoms with Gasteiger partial charge >= 0.3 is 0 Å². The van der Waals surface area contributed by atoms with Crippen LogP contribution in [0, 0.1) is 5.82 Å². The predicted molar refractivity (Wildman–Crippen MR) is 107 cm³/mol. The molecule has 0 radical (unpaired) electrons. The molecular formula is C19H28BrFN4O. The highest BCUT2D eigenvalue weighted by Gasteiger charge is 2.18. The van der Waals surface area contributed by atoms with Gasteiger partial charge in [0, 0.05) is 43.6 Å². The number of hydrogen-bond acceptors (Lipinski definition) is 2. The zero-order valence-electron chi connectivity index (χ0n) is 15.4. The fraction of sp³-hybridized carbons (Fsp3) is 0.579. The summed E-state index contributed by atoms with van der Waals surface area (Å²) in [5.41, 5.74) is 0.729. The summed E-state index contributed by atoms with van der Waals surface area (Å²) in [6, 6.07) is 5.18. The fourth-order valence-corrected chi connectivity index (χ4v) is 3.28. The molecule has 1 aromatic carbocycles. The highest BCUT2D eigenvalue weighted by Crippen LogP contribution is 2.16. The van der Waals surface area contributed by atoms with Crippen molar-refractivity contribution in [1.82, 2.24) is 15.5 Å². The van der Waals surface area contributed by atoms with Crippen LogP contribution < -0.4 is 10.6 Å². The zero-order valence-corrected chi connectivity index (χ0v) is 16.9. The maximum absolute atomic E-state index is 13.8. The Kier molecular flexibility index (Phi) is 8.88. The van der Waals surface area contributed by atoms with Crippen molar-refractivity contribution >= 4 is 27.8 Å². The molecule has 1 heterocycles. The molecular weight excluding hydrogens is 399 g/mol. The standard InChI is InChI=1S/C19H28BrFN4O/c1-2-22-19(24-11-5-13-25-12-4-7-18(25)26)23-10-3-6-15-8-9-16(20)14-17(15)21/h8-9,14H,2-7,10-13H2,1H3,(H2,22,23,24). The molecule has 0 aromatic heterocycles. The van der Waals surface area contributed by atoms with E-state index in [0.29, 0.717) is 19.4 Å². The smallest absolute Gasteiger partial charge is 0.222 e. The molecule has 0 atom stereocenters. The number of carbonyl (C=O) groups excluding carboxylic acids is 1. The minimum atomic E-state index is -0.170. The van der Waals surface area contributed by atoms with E-state index in [1.807, 2.05) is 24.0 Å². The number of nitrogens with one attached hydrogen (secondary N) is 2. The molecule has 7 heteroatoms. The molecule has 144 valence electrons. The van der Waals surface area contributed by atoms with Gasteiger partial charge in [-0.3, -0.25) is 9.79 Å². The van der Waals surface area contributed by atoms with E-state index in [1.165, 1.54) is 6.07 Å². The first-order chi connectivity index (χ1) is 12.6. The number of carbonyl (C=O) groups is 1. The van der Waals surface area contributed by atoms with Crippen LogP contribution in [0.15, 0.2) is 27.7 Å². The van der Waals surface area contributed by atoms with E-state index in [2.05, 4.69) is 31.6 Å². The molecule has 0 aliphatic carbocycles. The molecule has 26 heavy (non-hydrogen) atoms. The van der Waals surface area contributed by atoms with Gasteiger partial charge in [-0.1, -0.05) is 22.0 Å². The van der Waals surface area contributed by atoms with Crippen molar-refractivity contribution in [2.75, 3.05) is 32.7 Å². The molecule has 1 saturated heterocycles. The first-order valence-electron chi connectivity index (χ1n) is 9.34. The van der Waals surface area contributed by atoms with Gasteiger partial charge in [-0.15, -0.1) is 0 Å². The number of guanidine groups is 1. The van der Waals surface area contributed by atoms with Gasteiger partial charge in [0.05, 0.1) is 0 Å². The highest BCUT2D eigenvalue weighted by molar-refractivity contribution is 9.10. The SMILES string of the molecule is CCNC(=NCCCN1CCCC1=O)NCCCc1ccc(Br)cc1F. The van der Waals surface area contributed by atoms with Crippen molar-refractivity contribution in [2.24, 2.45) is 4.99 Å². The number of likely N-dealkylation sites (tertiary alicyclic amines) is 1. The third-order valence-electron chi connectivity index (χ3n) is 4.30. The van der Waals surface area contributed by atoms with Crippen LogP contribution in [0.3, 0.4) is 0 Å². The van der Waals surface area contributed by atoms with E-state index >= 15 is 0 Å². The molecule has 5 nitrogen and oxygen atoms in total. The third-order valence-corrected chi connectivity index (χ3v) is 4.80. The Bertz CT molecular complexity index is 624. The molecule has 2 N–H and O–H groups in total. The number of aliphatic imine (C=N–C) groups is 1. The van der Waals surface area contributed by atoms with Gasteiger partial charge in [-0.2, -0.15) is 0 Å². The zero-order chi connectivity index (χ0) is 18.8. The largest absolute Gasteiger partial charge is 0.357 e. The number of rotatable bonds is 9. The van der Waals surface area contributed by atoms with E-state index in [9.17, 15) is 9.18 Å². The van der Waals surface area contributed by atoms with Crippen molar-refractivity contribution < 1.29 is 9.18 Å². The van der Waals surface area contributed by atoms with Crippen LogP contribution in [0.2, 0.25) is 0 Å². The van der Waals surface area contributed by atoms with Gasteiger partial charge < -0.3 is 15.5 Å². The van der Waals surface area contributed by atoms with Crippen molar-refractivity contribution in [3.05, 3.63) is 34.1 Å². The predicted octanol–water partition coefficient (Wildman–Crippen LogP) is 3.09. The van der Waals surface area contributed by atoms with Gasteiger partial charge in [0.15, 0.2) is 5.96 Å². The molecule has 2 rings (SSSR count). The highest BCUT2D eigenvalue weighted by atomic mass is 79.9. The van der Waals surface area contributed by atoms with Crippen molar-refractivity contribution in [3.63, 3.8) is 0 Å². The van der Waals surface area contributed by atoms with Crippen LogP contribution in [0.1, 0.15) is 38.2 Å². The summed E-state index contributed by atoms with van der Waals surface area (Å²) in [6.07, 6.45) is 4.04. The van der Waals surface area contributed by atoms with Crippen molar-refractivity contribution in [2.45, 2.75) is 39.0 Å². The summed E-state index contributed by atoms with van der Waals surface area (Å²) >= 11 is 3.27. The fourth-order valence-electron chi connectivity index (χ4n) is 2.94. The van der Waals surface area contributed by atoms with Crippen LogP contribution in [0.4, 0.5) is 4.39 Å². The number of halogens is 2. The number of benzene rings is 1. The third kappa shape index (κ3) is 6.94. The first kappa shape index (κ1) is 20.7. The molecule has 0 bridgehead atoms. The van der Waals surface area contributed by atoms with E-state index < -0.39 is 0 Å². The lowest BCUT2D eigenvalue weighted by atomic mass is 10.1. The number of hydrogen-bond donors (Lipinski definition) is 2. The van der Waals surface area contributed by atoms with E-state index in [-0.39, 0.29) is 11.7 Å². The van der Waals surface area contributed by atoms with Gasteiger partial charge in [0.25, 0.3) is 0 Å². The van der Waals surface area contributed by atoms with Crippen molar-refractivity contribution in [1.29, 1.82) is 0 Å². The molecule has 0 saturated carbocycles. The summed E-state index contributed by atoms with van der Waals surface area (Å²) in [4.78, 5) is 18.0. The maximum Gasteiger partial charge on any atom is 0.222 e. The second kappa shape index (κ2) is 11.2. The Labute approximate surface area is 163 Å². The Morgan fingerprint density at radius 1 is 1.35 bits per heavy atom. The lowest BCUT2D eigenvalue weighted by Gasteiger charge is -2.15. The molecule has 0 spiro atoms. The summed E-state index contributed by atoms with van der Waals surface area (Å²) < 4.78 is 14.6. The molecule has 0 unspecified atom stereocenters. The minimum absolute atomic E-state index is 0.170. The van der Waals surface area contributed by atoms with E-state index in [0.717, 1.165) is 61.4 Å². The van der Waals surface area contributed by atoms with Crippen molar-refractivity contribution in [3.8, 4) is 0 Å². The van der Waals surface area contributed by atoms with E-state index in [4.69, 9.17) is 0 Å². The minimum Gasteiger partial charge on any atom is -0.357 e. The van der Waals surface area contributed by atoms with E-state index in [1.54, 1.807) is 0 Å². The lowest BCUT2D eigenvalue weighted by Crippen LogP contribution is -2.38. The second-order valence-corrected chi connectivity index (χ2v) is 7.28. The number of aryl methyl sites for hydroxylation is 1. The molecule has 1 aliphatic rings. The quantitative estimate of drug-likeness (QED) is 0.362. The summed E-state index contributed by atoms with van der Waals surface area (Å²) in [7, 11) is 0. The normalized spacial score (nSPS) is 14.8. The Morgan fingerprint density at radius 3 is 2.88 bits per heavy atom. The molecule has 1 amide bonds. The average molecular weight is 427 g/mol. The van der Waals surface area contributed by atoms with Crippen LogP contribution in [0.25, 0.3) is 0 Å². The van der Waals surface area contributed by atoms with Crippen LogP contribution in [-0.2, 0) is 11.2 Å². The van der Waals surface area contributed by atoms with Crippen LogP contribution in [-0.4, -0.2) is 49.5 Å². The van der Waals surface area contributed by atoms with Gasteiger partial charge in [-0.25, -0.2) is 4.39 Å². The molecule has 1 fully saturated rings. The van der Waals surface area contributed by atoms with Gasteiger partial charge in [0.2, 0.25) is 5.91 Å². The Hall–Kier alpha value is -1.63. The molecule has 1 aromatic rings. The van der Waals surface area contributed by atoms with Gasteiger partial charge in [-0.05, 0) is 50.3 Å². The summed E-state index contributed by atoms with van der Waals surface area (Å²) in [5, 5.41) is 6.50. The average Bonchev–Trinajstić information content (AvgIpc) is 3.02. The maximum atomic E-state index is 13.8. The topological polar surface area (TPSA) is 56.7 Å². The molecule has 1 aliphatic heterocycles. The first-order valence-corrected chi connectivity index (χ1v) is 10.1. The number of amides is 1. The number of nitrogens with zero attached hydrogens (tertiary/aromatic N) is 2. The summed E-state index contributed by atoms with van der Waals surface area (Å²) in [6.45, 7) is 5.89. The Morgan fingerprint density at radius 2 is 2.19 bits per heavy atom. The second-order valence-electron chi connectivity index (χ2n) is 6.36. The van der Waals surface area contributed by atoms with Gasteiger partial charge in [0.1, 0.15) is 5.82 Å². The lowest BCUT2D eigenvalue weighted by molar-refractivity contribution is -0.127.